The third-order valence-electron chi connectivity index (χ3n) is 4.20. The van der Waals surface area contributed by atoms with Crippen LogP contribution in [0.25, 0.3) is 0 Å². The lowest BCUT2D eigenvalue weighted by atomic mass is 9.57. The summed E-state index contributed by atoms with van der Waals surface area (Å²) in [6, 6.07) is 5.70. The van der Waals surface area contributed by atoms with E-state index in [-0.39, 0.29) is 12.5 Å². The number of nitrogens with one attached hydrogen (secondary N) is 1. The number of hydrogen-bond acceptors (Lipinski definition) is 6. The number of hydrogen-bond donors (Lipinski definition) is 1. The van der Waals surface area contributed by atoms with Crippen molar-refractivity contribution in [1.29, 1.82) is 21.2 Å². The van der Waals surface area contributed by atoms with Crippen LogP contribution in [0.5, 0.6) is 0 Å². The lowest BCUT2D eigenvalue weighted by molar-refractivity contribution is -0.244. The van der Waals surface area contributed by atoms with Gasteiger partial charge in [-0.3, -0.25) is 5.41 Å². The summed E-state index contributed by atoms with van der Waals surface area (Å²) in [5.74, 6) is -1.94. The molecule has 2 saturated heterocycles. The van der Waals surface area contributed by atoms with Gasteiger partial charge in [0, 0.05) is 6.42 Å². The molecule has 2 aliphatic heterocycles. The second-order valence-corrected chi connectivity index (χ2v) is 4.66. The van der Waals surface area contributed by atoms with E-state index in [2.05, 4.69) is 0 Å². The van der Waals surface area contributed by atoms with Crippen molar-refractivity contribution in [3.8, 4) is 18.2 Å². The molecule has 0 aromatic rings. The van der Waals surface area contributed by atoms with Crippen LogP contribution in [0.3, 0.4) is 0 Å². The first-order chi connectivity index (χ1) is 8.48. The summed E-state index contributed by atoms with van der Waals surface area (Å²) >= 11 is 0. The van der Waals surface area contributed by atoms with Crippen LogP contribution in [0.1, 0.15) is 20.3 Å². The molecule has 0 spiro atoms. The monoisotopic (exact) mass is 244 g/mol. The largest absolute Gasteiger partial charge is 0.447 e. The number of ether oxygens (including phenoxy) is 2. The van der Waals surface area contributed by atoms with Gasteiger partial charge >= 0.3 is 0 Å². The van der Waals surface area contributed by atoms with Gasteiger partial charge in [0.15, 0.2) is 10.8 Å². The molecule has 0 saturated carbocycles. The van der Waals surface area contributed by atoms with Gasteiger partial charge in [-0.25, -0.2) is 0 Å². The summed E-state index contributed by atoms with van der Waals surface area (Å²) in [6.07, 6.45) is 0.451. The average Bonchev–Trinajstić information content (AvgIpc) is 2.55. The molecule has 0 radical (unpaired) electrons. The molecule has 2 heterocycles. The number of nitrogens with zero attached hydrogens (tertiary/aromatic N) is 3. The van der Waals surface area contributed by atoms with Crippen molar-refractivity contribution in [2.24, 2.45) is 16.7 Å². The lowest BCUT2D eigenvalue weighted by Gasteiger charge is -2.43. The second-order valence-electron chi connectivity index (χ2n) is 4.66. The van der Waals surface area contributed by atoms with Crippen molar-refractivity contribution in [3.63, 3.8) is 0 Å². The van der Waals surface area contributed by atoms with Crippen LogP contribution in [-0.4, -0.2) is 18.3 Å². The minimum atomic E-state index is -1.69. The molecule has 3 atom stereocenters. The molecule has 18 heavy (non-hydrogen) atoms. The SMILES string of the molecule is CC[C@]12OCC(C#N)(C#N)[C@@](C#N)(C(=N)O1)[C@@H]2C. The van der Waals surface area contributed by atoms with Crippen molar-refractivity contribution in [3.05, 3.63) is 0 Å². The maximum Gasteiger partial charge on any atom is 0.216 e. The Balaban J connectivity index is 2.72. The Morgan fingerprint density at radius 1 is 1.33 bits per heavy atom. The number of rotatable bonds is 1. The van der Waals surface area contributed by atoms with Crippen LogP contribution in [-0.2, 0) is 9.47 Å². The highest BCUT2D eigenvalue weighted by atomic mass is 16.7. The smallest absolute Gasteiger partial charge is 0.216 e. The fourth-order valence-corrected chi connectivity index (χ4v) is 2.92. The van der Waals surface area contributed by atoms with Crippen molar-refractivity contribution >= 4 is 5.90 Å². The summed E-state index contributed by atoms with van der Waals surface area (Å²) in [5.41, 5.74) is -3.24. The van der Waals surface area contributed by atoms with E-state index >= 15 is 0 Å². The van der Waals surface area contributed by atoms with Gasteiger partial charge in [-0.1, -0.05) is 13.8 Å². The van der Waals surface area contributed by atoms with Gasteiger partial charge in [0.25, 0.3) is 0 Å². The Hall–Kier alpha value is -2.10. The molecule has 1 N–H and O–H groups in total. The second kappa shape index (κ2) is 3.45. The summed E-state index contributed by atoms with van der Waals surface area (Å²) in [5, 5.41) is 36.0. The maximum atomic E-state index is 9.49. The minimum Gasteiger partial charge on any atom is -0.447 e. The van der Waals surface area contributed by atoms with Gasteiger partial charge in [-0.15, -0.1) is 0 Å². The van der Waals surface area contributed by atoms with Crippen LogP contribution < -0.4 is 0 Å². The Morgan fingerprint density at radius 2 is 1.94 bits per heavy atom. The summed E-state index contributed by atoms with van der Waals surface area (Å²) in [6.45, 7) is 3.30. The van der Waals surface area contributed by atoms with Gasteiger partial charge in [0.2, 0.25) is 11.7 Å². The minimum absolute atomic E-state index is 0.214. The number of nitriles is 3. The molecule has 0 amide bonds. The Morgan fingerprint density at radius 3 is 2.39 bits per heavy atom. The maximum absolute atomic E-state index is 9.49. The normalized spacial score (nSPS) is 40.2. The zero-order valence-electron chi connectivity index (χ0n) is 10.1. The summed E-state index contributed by atoms with van der Waals surface area (Å²) < 4.78 is 11.0. The summed E-state index contributed by atoms with van der Waals surface area (Å²) in [7, 11) is 0. The predicted octanol–water partition coefficient (Wildman–Crippen LogP) is 1.31. The Bertz CT molecular complexity index is 524. The summed E-state index contributed by atoms with van der Waals surface area (Å²) in [4.78, 5) is 0. The molecule has 2 aliphatic rings. The van der Waals surface area contributed by atoms with Gasteiger partial charge in [-0.2, -0.15) is 15.8 Å². The van der Waals surface area contributed by atoms with Crippen LogP contribution in [0, 0.1) is 56.2 Å². The Labute approximate surface area is 105 Å². The van der Waals surface area contributed by atoms with E-state index in [1.165, 1.54) is 0 Å². The van der Waals surface area contributed by atoms with Gasteiger partial charge in [-0.05, 0) is 0 Å². The van der Waals surface area contributed by atoms with E-state index < -0.39 is 22.5 Å². The lowest BCUT2D eigenvalue weighted by Crippen LogP contribution is -2.57. The van der Waals surface area contributed by atoms with Gasteiger partial charge in [0.1, 0.15) is 0 Å². The zero-order valence-corrected chi connectivity index (χ0v) is 10.1. The van der Waals surface area contributed by atoms with E-state index in [1.807, 2.05) is 25.1 Å². The van der Waals surface area contributed by atoms with E-state index in [9.17, 15) is 15.8 Å². The van der Waals surface area contributed by atoms with Crippen molar-refractivity contribution in [1.82, 2.24) is 0 Å². The van der Waals surface area contributed by atoms with Crippen molar-refractivity contribution < 1.29 is 9.47 Å². The van der Waals surface area contributed by atoms with Crippen LogP contribution in [0.15, 0.2) is 0 Å². The first kappa shape index (κ1) is 12.4. The fraction of sp³-hybridized carbons (Fsp3) is 0.667. The quantitative estimate of drug-likeness (QED) is 0.746. The molecule has 2 rings (SSSR count). The molecule has 0 aliphatic carbocycles. The van der Waals surface area contributed by atoms with E-state index in [0.29, 0.717) is 6.42 Å². The first-order valence-corrected chi connectivity index (χ1v) is 5.64. The van der Waals surface area contributed by atoms with E-state index in [4.69, 9.17) is 14.9 Å². The van der Waals surface area contributed by atoms with Crippen LogP contribution in [0.2, 0.25) is 0 Å². The highest BCUT2D eigenvalue weighted by molar-refractivity contribution is 5.88. The van der Waals surface area contributed by atoms with E-state index in [1.54, 1.807) is 6.92 Å². The van der Waals surface area contributed by atoms with Gasteiger partial charge < -0.3 is 9.47 Å². The predicted molar refractivity (Wildman–Crippen MR) is 58.7 cm³/mol. The molecule has 2 fully saturated rings. The fourth-order valence-electron chi connectivity index (χ4n) is 2.92. The molecule has 6 nitrogen and oxygen atoms in total. The third kappa shape index (κ3) is 0.967. The van der Waals surface area contributed by atoms with Crippen molar-refractivity contribution in [2.75, 3.05) is 6.61 Å². The molecule has 0 unspecified atom stereocenters. The molecule has 0 aromatic carbocycles. The molecule has 6 heteroatoms. The zero-order chi connectivity index (χ0) is 13.6. The molecule has 2 bridgehead atoms. The molecule has 92 valence electrons. The average molecular weight is 244 g/mol. The molecular formula is C12H12N4O2. The van der Waals surface area contributed by atoms with Crippen molar-refractivity contribution in [2.45, 2.75) is 26.1 Å². The highest BCUT2D eigenvalue weighted by Crippen LogP contribution is 2.60. The Kier molecular flexibility index (Phi) is 2.37. The third-order valence-corrected chi connectivity index (χ3v) is 4.20. The molecular weight excluding hydrogens is 232 g/mol. The van der Waals surface area contributed by atoms with Crippen LogP contribution in [0.4, 0.5) is 0 Å². The number of fused-ring (bicyclic) bond motifs is 2. The van der Waals surface area contributed by atoms with Gasteiger partial charge in [0.05, 0.1) is 30.7 Å². The first-order valence-electron chi connectivity index (χ1n) is 5.64. The standard InChI is InChI=1S/C12H12N4O2/c1-3-12-8(2)11(6-15,9(16)18-12)10(4-13,5-14)7-17-12/h8,16H,3,7H2,1-2H3/t8-,11+,12-/m0/s1. The highest BCUT2D eigenvalue weighted by Gasteiger charge is 2.75. The molecule has 0 aromatic heterocycles. The topological polar surface area (TPSA) is 114 Å². The van der Waals surface area contributed by atoms with Crippen LogP contribution >= 0.6 is 0 Å². The van der Waals surface area contributed by atoms with E-state index in [0.717, 1.165) is 0 Å².